The maximum atomic E-state index is 13.2. The normalized spacial score (nSPS) is 16.8. The number of nitrogens with two attached hydrogens (primary N) is 1. The van der Waals surface area contributed by atoms with Crippen LogP contribution in [0.15, 0.2) is 30.5 Å². The highest BCUT2D eigenvalue weighted by Crippen LogP contribution is 2.37. The van der Waals surface area contributed by atoms with Gasteiger partial charge in [-0.3, -0.25) is 38.5 Å². The summed E-state index contributed by atoms with van der Waals surface area (Å²) in [5.41, 5.74) is 7.02. The van der Waals surface area contributed by atoms with Crippen LogP contribution in [0.25, 0.3) is 0 Å². The number of ether oxygens (including phenoxy) is 10. The van der Waals surface area contributed by atoms with Gasteiger partial charge >= 0.3 is 5.97 Å². The zero-order chi connectivity index (χ0) is 61.7. The molecule has 0 radical (unpaired) electrons. The van der Waals surface area contributed by atoms with Crippen molar-refractivity contribution in [1.29, 1.82) is 0 Å². The van der Waals surface area contributed by atoms with Gasteiger partial charge in [-0.2, -0.15) is 0 Å². The number of hydrogen-bond donors (Lipinski definition) is 4. The van der Waals surface area contributed by atoms with Gasteiger partial charge in [-0.05, 0) is 94.7 Å². The molecular weight excluding hydrogens is 1100 g/mol. The first-order valence-electron chi connectivity index (χ1n) is 30.1. The van der Waals surface area contributed by atoms with Crippen molar-refractivity contribution < 1.29 is 80.9 Å². The molecule has 5 amide bonds. The summed E-state index contributed by atoms with van der Waals surface area (Å²) < 4.78 is 56.7. The fraction of sp³-hybridized carbons (Fsp3) is 0.750. The van der Waals surface area contributed by atoms with Crippen molar-refractivity contribution in [2.75, 3.05) is 139 Å². The molecule has 2 aliphatic rings. The molecule has 5 N–H and O–H groups in total. The topological polar surface area (TPSA) is 308 Å². The van der Waals surface area contributed by atoms with Gasteiger partial charge in [0.1, 0.15) is 25.5 Å². The molecule has 1 saturated heterocycles. The van der Waals surface area contributed by atoms with Crippen LogP contribution in [0.3, 0.4) is 0 Å². The van der Waals surface area contributed by atoms with E-state index in [4.69, 9.17) is 53.1 Å². The first kappa shape index (κ1) is 72.1. The van der Waals surface area contributed by atoms with Crippen molar-refractivity contribution >= 4 is 41.3 Å². The number of likely N-dealkylation sites (tertiary alicyclic amines) is 1. The number of esters is 1. The lowest BCUT2D eigenvalue weighted by molar-refractivity contribution is -0.154. The zero-order valence-electron chi connectivity index (χ0n) is 51.3. The van der Waals surface area contributed by atoms with Crippen LogP contribution < -0.4 is 21.7 Å². The Bertz CT molecular complexity index is 2270. The Labute approximate surface area is 501 Å². The quantitative estimate of drug-likeness (QED) is 0.0421. The Hall–Kier alpha value is -5.35. The first-order chi connectivity index (χ1) is 40.8. The molecule has 1 saturated carbocycles. The fourth-order valence-electron chi connectivity index (χ4n) is 9.10. The molecule has 25 heteroatoms. The molecule has 2 fully saturated rings. The van der Waals surface area contributed by atoms with Gasteiger partial charge in [0.25, 0.3) is 0 Å². The Morgan fingerprint density at radius 1 is 0.659 bits per heavy atom. The lowest BCUT2D eigenvalue weighted by Gasteiger charge is -2.31. The van der Waals surface area contributed by atoms with Gasteiger partial charge < -0.3 is 69.1 Å². The Kier molecular flexibility index (Phi) is 34.7. The summed E-state index contributed by atoms with van der Waals surface area (Å²) in [6.07, 6.45) is 7.01. The van der Waals surface area contributed by atoms with Gasteiger partial charge in [0.05, 0.1) is 142 Å². The molecule has 2 atom stereocenters. The Balaban J connectivity index is 0.845. The predicted molar refractivity (Wildman–Crippen MR) is 311 cm³/mol. The molecule has 1 aliphatic carbocycles. The van der Waals surface area contributed by atoms with Crippen LogP contribution >= 0.6 is 0 Å². The van der Waals surface area contributed by atoms with E-state index < -0.39 is 23.3 Å². The molecular formula is C60H98N8O17. The minimum Gasteiger partial charge on any atom is -0.460 e. The predicted octanol–water partition coefficient (Wildman–Crippen LogP) is 2.90. The number of aromatic nitrogens is 3. The number of imide groups is 1. The third-order valence-corrected chi connectivity index (χ3v) is 14.1. The molecule has 4 rings (SSSR count). The molecule has 1 aromatic heterocycles. The minimum atomic E-state index is -0.738. The van der Waals surface area contributed by atoms with Gasteiger partial charge in [-0.1, -0.05) is 50.3 Å². The van der Waals surface area contributed by atoms with Gasteiger partial charge in [0, 0.05) is 31.8 Å². The highest BCUT2D eigenvalue weighted by molar-refractivity contribution is 6.04. The zero-order valence-corrected chi connectivity index (χ0v) is 51.3. The number of amides is 5. The van der Waals surface area contributed by atoms with E-state index in [2.05, 4.69) is 26.3 Å². The number of unbranched alkanes of at least 4 members (excludes halogenated alkanes) is 1. The van der Waals surface area contributed by atoms with Crippen molar-refractivity contribution in [3.05, 3.63) is 47.3 Å². The molecule has 1 aromatic carbocycles. The summed E-state index contributed by atoms with van der Waals surface area (Å²) in [6, 6.07) is 6.47. The largest absolute Gasteiger partial charge is 0.460 e. The van der Waals surface area contributed by atoms with E-state index in [1.807, 2.05) is 20.8 Å². The van der Waals surface area contributed by atoms with Crippen LogP contribution in [-0.4, -0.2) is 206 Å². The minimum absolute atomic E-state index is 0.0104. The number of Topliss-reactive ketones (excluding diaryl/α,β-unsaturated/α-hetero) is 1. The monoisotopic (exact) mass is 1200 g/mol. The second kappa shape index (κ2) is 40.9. The number of nitrogens with one attached hydrogen (secondary N) is 3. The number of nitrogens with zero attached hydrogens (tertiary/aromatic N) is 4. The second-order valence-corrected chi connectivity index (χ2v) is 23.3. The van der Waals surface area contributed by atoms with Crippen molar-refractivity contribution in [2.45, 2.75) is 125 Å². The first-order valence-corrected chi connectivity index (χ1v) is 30.1. The SMILES string of the molecule is CC(C)(C)C(=O)OCc1ccc(CC(=O)[C@H](CCCCN)NC(=O)COCC(=O)NCCOCCOCCOCCOCCOCCOCCOCCOCCn2cc(CNC(=O)C3CCC(CN4C(=O)CC(C(C)(C)C)C4=O)CC3)nn2)cc1. The van der Waals surface area contributed by atoms with Crippen LogP contribution in [-0.2, 0) is 107 Å². The molecule has 0 spiro atoms. The van der Waals surface area contributed by atoms with Crippen molar-refractivity contribution in [3.8, 4) is 0 Å². The highest BCUT2D eigenvalue weighted by atomic mass is 16.6. The van der Waals surface area contributed by atoms with Crippen LogP contribution in [0, 0.1) is 28.6 Å². The van der Waals surface area contributed by atoms with Crippen LogP contribution in [0.1, 0.15) is 110 Å². The average molecular weight is 1200 g/mol. The second-order valence-electron chi connectivity index (χ2n) is 23.3. The summed E-state index contributed by atoms with van der Waals surface area (Å²) >= 11 is 0. The van der Waals surface area contributed by atoms with Crippen molar-refractivity contribution in [2.24, 2.45) is 34.3 Å². The fourth-order valence-corrected chi connectivity index (χ4v) is 9.10. The average Bonchev–Trinajstić information content (AvgIpc) is 3.65. The van der Waals surface area contributed by atoms with Crippen molar-refractivity contribution in [1.82, 2.24) is 35.8 Å². The lowest BCUT2D eigenvalue weighted by Crippen LogP contribution is -2.43. The van der Waals surface area contributed by atoms with Gasteiger partial charge in [0.2, 0.25) is 29.5 Å². The number of benzene rings is 1. The standard InChI is InChI=1S/C60H98N8O17/c1-59(2,3)50-38-55(72)68(57(50)74)40-46-14-16-48(17-15-46)56(73)63-39-49-41-67(66-65-49)20-22-77-24-26-79-28-30-81-32-34-83-36-35-82-33-31-80-29-27-78-25-23-76-21-19-62-53(70)43-84-44-54(71)64-51(9-7-8-18-61)52(69)37-45-10-12-47(13-11-45)42-85-58(75)60(4,5)6/h10-13,41,46,48,50-51H,7-9,14-40,42-44,61H2,1-6H3,(H,62,70)(H,63,73)(H,64,71)/t46?,48?,50?,51-/m0/s1. The van der Waals surface area contributed by atoms with Crippen LogP contribution in [0.5, 0.6) is 0 Å². The van der Waals surface area contributed by atoms with Crippen molar-refractivity contribution in [3.63, 3.8) is 0 Å². The summed E-state index contributed by atoms with van der Waals surface area (Å²) in [6.45, 7) is 19.2. The number of hydrogen-bond acceptors (Lipinski definition) is 20. The molecule has 0 bridgehead atoms. The number of ketones is 1. The summed E-state index contributed by atoms with van der Waals surface area (Å²) in [5.74, 6) is -1.67. The number of carbonyl (C=O) groups excluding carboxylic acids is 7. The van der Waals surface area contributed by atoms with E-state index in [0.29, 0.717) is 144 Å². The van der Waals surface area contributed by atoms with Gasteiger partial charge in [-0.15, -0.1) is 5.10 Å². The van der Waals surface area contributed by atoms with E-state index in [1.165, 1.54) is 4.90 Å². The molecule has 2 aromatic rings. The van der Waals surface area contributed by atoms with Gasteiger partial charge in [-0.25, -0.2) is 4.68 Å². The molecule has 85 heavy (non-hydrogen) atoms. The van der Waals surface area contributed by atoms with Crippen LogP contribution in [0.2, 0.25) is 0 Å². The molecule has 1 unspecified atom stereocenters. The molecule has 2 heterocycles. The van der Waals surface area contributed by atoms with E-state index in [9.17, 15) is 33.6 Å². The van der Waals surface area contributed by atoms with E-state index in [0.717, 1.165) is 36.8 Å². The number of rotatable bonds is 46. The lowest BCUT2D eigenvalue weighted by atomic mass is 9.79. The molecule has 480 valence electrons. The summed E-state index contributed by atoms with van der Waals surface area (Å²) in [4.78, 5) is 90.1. The smallest absolute Gasteiger partial charge is 0.311 e. The van der Waals surface area contributed by atoms with E-state index >= 15 is 0 Å². The van der Waals surface area contributed by atoms with E-state index in [-0.39, 0.29) is 105 Å². The summed E-state index contributed by atoms with van der Waals surface area (Å²) in [7, 11) is 0. The van der Waals surface area contributed by atoms with Crippen LogP contribution in [0.4, 0.5) is 0 Å². The Morgan fingerprint density at radius 3 is 1.72 bits per heavy atom. The molecule has 25 nitrogen and oxygen atoms in total. The summed E-state index contributed by atoms with van der Waals surface area (Å²) in [5, 5.41) is 16.7. The number of carbonyl (C=O) groups is 7. The third kappa shape index (κ3) is 30.7. The maximum absolute atomic E-state index is 13.2. The Morgan fingerprint density at radius 2 is 1.19 bits per heavy atom. The molecule has 1 aliphatic heterocycles. The highest BCUT2D eigenvalue weighted by Gasteiger charge is 2.45. The third-order valence-electron chi connectivity index (χ3n) is 14.1. The van der Waals surface area contributed by atoms with Gasteiger partial charge in [0.15, 0.2) is 5.78 Å². The maximum Gasteiger partial charge on any atom is 0.311 e. The van der Waals surface area contributed by atoms with E-state index in [1.54, 1.807) is 55.9 Å².